The topological polar surface area (TPSA) is 79.0 Å². The molecule has 0 aliphatic rings. The summed E-state index contributed by atoms with van der Waals surface area (Å²) in [5.74, 6) is -0.665. The van der Waals surface area contributed by atoms with Gasteiger partial charge in [-0.1, -0.05) is 12.1 Å². The van der Waals surface area contributed by atoms with Crippen LogP contribution in [0.25, 0.3) is 0 Å². The lowest BCUT2D eigenvalue weighted by Crippen LogP contribution is -2.01. The summed E-state index contributed by atoms with van der Waals surface area (Å²) in [7, 11) is 0. The molecule has 6 heteroatoms. The lowest BCUT2D eigenvalue weighted by atomic mass is 10.1. The van der Waals surface area contributed by atoms with Gasteiger partial charge in [0.1, 0.15) is 5.82 Å². The normalized spacial score (nSPS) is 9.80. The van der Waals surface area contributed by atoms with Crippen LogP contribution in [-0.2, 0) is 6.54 Å². The Hall–Kier alpha value is -2.94. The fraction of sp³-hybridized carbons (Fsp3) is 0.0714. The molecule has 5 nitrogen and oxygen atoms in total. The van der Waals surface area contributed by atoms with Gasteiger partial charge < -0.3 is 5.32 Å². The van der Waals surface area contributed by atoms with Gasteiger partial charge >= 0.3 is 0 Å². The molecule has 0 fully saturated rings. The number of non-ortho nitro benzene ring substituents is 1. The van der Waals surface area contributed by atoms with Crippen molar-refractivity contribution in [3.63, 3.8) is 0 Å². The second kappa shape index (κ2) is 5.80. The fourth-order valence-electron chi connectivity index (χ4n) is 1.68. The maximum Gasteiger partial charge on any atom is 0.274 e. The molecule has 0 aliphatic carbocycles. The molecule has 0 radical (unpaired) electrons. The summed E-state index contributed by atoms with van der Waals surface area (Å²) in [5, 5.41) is 22.2. The molecule has 0 atom stereocenters. The predicted octanol–water partition coefficient (Wildman–Crippen LogP) is 3.22. The van der Waals surface area contributed by atoms with Crippen LogP contribution in [-0.4, -0.2) is 4.92 Å². The van der Waals surface area contributed by atoms with Gasteiger partial charge in [-0.2, -0.15) is 5.26 Å². The first-order valence-corrected chi connectivity index (χ1v) is 5.76. The highest BCUT2D eigenvalue weighted by Gasteiger charge is 2.09. The molecule has 0 saturated carbocycles. The lowest BCUT2D eigenvalue weighted by Gasteiger charge is -2.06. The summed E-state index contributed by atoms with van der Waals surface area (Å²) in [4.78, 5) is 9.99. The Morgan fingerprint density at radius 3 is 2.55 bits per heavy atom. The highest BCUT2D eigenvalue weighted by molar-refractivity contribution is 5.51. The van der Waals surface area contributed by atoms with E-state index in [0.29, 0.717) is 17.8 Å². The zero-order chi connectivity index (χ0) is 14.5. The summed E-state index contributed by atoms with van der Waals surface area (Å²) in [6, 6.07) is 12.2. The van der Waals surface area contributed by atoms with Crippen molar-refractivity contribution in [3.8, 4) is 6.07 Å². The molecule has 1 N–H and O–H groups in total. The number of nitrogens with zero attached hydrogens (tertiary/aromatic N) is 2. The number of benzene rings is 2. The van der Waals surface area contributed by atoms with Crippen LogP contribution in [0.4, 0.5) is 15.8 Å². The zero-order valence-electron chi connectivity index (χ0n) is 10.3. The molecule has 2 aromatic carbocycles. The summed E-state index contributed by atoms with van der Waals surface area (Å²) < 4.78 is 13.2. The second-order valence-corrected chi connectivity index (χ2v) is 4.12. The summed E-state index contributed by atoms with van der Waals surface area (Å²) in [6.45, 7) is 0.381. The van der Waals surface area contributed by atoms with E-state index in [1.54, 1.807) is 24.3 Å². The highest BCUT2D eigenvalue weighted by Crippen LogP contribution is 2.20. The number of hydrogen-bond donors (Lipinski definition) is 1. The van der Waals surface area contributed by atoms with Crippen LogP contribution in [0.5, 0.6) is 0 Å². The van der Waals surface area contributed by atoms with E-state index in [9.17, 15) is 14.5 Å². The van der Waals surface area contributed by atoms with E-state index in [1.807, 2.05) is 6.07 Å². The molecule has 0 spiro atoms. The minimum Gasteiger partial charge on any atom is -0.381 e. The van der Waals surface area contributed by atoms with E-state index >= 15 is 0 Å². The Balaban J connectivity index is 2.10. The first kappa shape index (κ1) is 13.5. The van der Waals surface area contributed by atoms with Gasteiger partial charge in [-0.25, -0.2) is 4.39 Å². The molecular formula is C14H10FN3O2. The Morgan fingerprint density at radius 2 is 1.95 bits per heavy atom. The van der Waals surface area contributed by atoms with E-state index in [-0.39, 0.29) is 5.69 Å². The van der Waals surface area contributed by atoms with Crippen molar-refractivity contribution in [2.45, 2.75) is 6.54 Å². The van der Waals surface area contributed by atoms with Gasteiger partial charge in [0.25, 0.3) is 5.69 Å². The first-order valence-electron chi connectivity index (χ1n) is 5.76. The molecule has 2 rings (SSSR count). The van der Waals surface area contributed by atoms with Crippen molar-refractivity contribution in [1.29, 1.82) is 5.26 Å². The molecule has 100 valence electrons. The van der Waals surface area contributed by atoms with Gasteiger partial charge in [-0.3, -0.25) is 10.1 Å². The molecule has 0 aliphatic heterocycles. The minimum atomic E-state index is -0.665. The standard InChI is InChI=1S/C14H10FN3O2/c15-12-5-13(7-14(6-12)18(19)20)17-9-11-3-1-10(8-16)2-4-11/h1-7,17H,9H2. The van der Waals surface area contributed by atoms with Gasteiger partial charge in [0.2, 0.25) is 0 Å². The Labute approximate surface area is 114 Å². The molecule has 0 bridgehead atoms. The zero-order valence-corrected chi connectivity index (χ0v) is 10.3. The maximum atomic E-state index is 13.2. The van der Waals surface area contributed by atoms with Crippen molar-refractivity contribution in [2.75, 3.05) is 5.32 Å². The number of nitriles is 1. The number of hydrogen-bond acceptors (Lipinski definition) is 4. The van der Waals surface area contributed by atoms with Crippen LogP contribution in [0.2, 0.25) is 0 Å². The molecule has 0 saturated heterocycles. The SMILES string of the molecule is N#Cc1ccc(CNc2cc(F)cc([N+](=O)[O-])c2)cc1. The van der Waals surface area contributed by atoms with E-state index < -0.39 is 10.7 Å². The van der Waals surface area contributed by atoms with Crippen molar-refractivity contribution in [1.82, 2.24) is 0 Å². The van der Waals surface area contributed by atoms with Crippen molar-refractivity contribution in [3.05, 3.63) is 69.5 Å². The maximum absolute atomic E-state index is 13.2. The lowest BCUT2D eigenvalue weighted by molar-refractivity contribution is -0.385. The van der Waals surface area contributed by atoms with Gasteiger partial charge in [0.15, 0.2) is 0 Å². The number of nitro benzene ring substituents is 1. The van der Waals surface area contributed by atoms with Crippen LogP contribution in [0.15, 0.2) is 42.5 Å². The quantitative estimate of drug-likeness (QED) is 0.684. The summed E-state index contributed by atoms with van der Waals surface area (Å²) in [6.07, 6.45) is 0. The van der Waals surface area contributed by atoms with Crippen LogP contribution in [0.3, 0.4) is 0 Å². The average molecular weight is 271 g/mol. The molecule has 0 amide bonds. The fourth-order valence-corrected chi connectivity index (χ4v) is 1.68. The van der Waals surface area contributed by atoms with E-state index in [0.717, 1.165) is 11.6 Å². The third-order valence-electron chi connectivity index (χ3n) is 2.67. The number of nitro groups is 1. The molecule has 0 aromatic heterocycles. The van der Waals surface area contributed by atoms with E-state index in [4.69, 9.17) is 5.26 Å². The predicted molar refractivity (Wildman–Crippen MR) is 71.5 cm³/mol. The Morgan fingerprint density at radius 1 is 1.25 bits per heavy atom. The van der Waals surface area contributed by atoms with Gasteiger partial charge in [0.05, 0.1) is 22.6 Å². The largest absolute Gasteiger partial charge is 0.381 e. The Bertz CT molecular complexity index is 678. The summed E-state index contributed by atoms with van der Waals surface area (Å²) >= 11 is 0. The number of anilines is 1. The van der Waals surface area contributed by atoms with Gasteiger partial charge in [0, 0.05) is 18.3 Å². The third-order valence-corrected chi connectivity index (χ3v) is 2.67. The number of nitrogens with one attached hydrogen (secondary N) is 1. The first-order chi connectivity index (χ1) is 9.58. The third kappa shape index (κ3) is 3.29. The molecule has 0 unspecified atom stereocenters. The monoisotopic (exact) mass is 271 g/mol. The molecule has 20 heavy (non-hydrogen) atoms. The Kier molecular flexibility index (Phi) is 3.91. The number of rotatable bonds is 4. The van der Waals surface area contributed by atoms with Gasteiger partial charge in [-0.15, -0.1) is 0 Å². The molecule has 2 aromatic rings. The number of halogens is 1. The van der Waals surface area contributed by atoms with Crippen molar-refractivity contribution < 1.29 is 9.31 Å². The van der Waals surface area contributed by atoms with Crippen LogP contribution in [0, 0.1) is 27.3 Å². The van der Waals surface area contributed by atoms with Crippen molar-refractivity contribution in [2.24, 2.45) is 0 Å². The molecule has 0 heterocycles. The van der Waals surface area contributed by atoms with Crippen molar-refractivity contribution >= 4 is 11.4 Å². The van der Waals surface area contributed by atoms with Crippen LogP contribution >= 0.6 is 0 Å². The molecular weight excluding hydrogens is 261 g/mol. The minimum absolute atomic E-state index is 0.299. The summed E-state index contributed by atoms with van der Waals surface area (Å²) in [5.41, 5.74) is 1.47. The van der Waals surface area contributed by atoms with E-state index in [1.165, 1.54) is 12.1 Å². The van der Waals surface area contributed by atoms with Gasteiger partial charge in [-0.05, 0) is 23.8 Å². The second-order valence-electron chi connectivity index (χ2n) is 4.12. The smallest absolute Gasteiger partial charge is 0.274 e. The highest BCUT2D eigenvalue weighted by atomic mass is 19.1. The van der Waals surface area contributed by atoms with Crippen LogP contribution in [0.1, 0.15) is 11.1 Å². The average Bonchev–Trinajstić information content (AvgIpc) is 2.45. The van der Waals surface area contributed by atoms with Crippen LogP contribution < -0.4 is 5.32 Å². The van der Waals surface area contributed by atoms with E-state index in [2.05, 4.69) is 5.32 Å².